The minimum Gasteiger partial charge on any atom is -0.508 e. The van der Waals surface area contributed by atoms with Crippen molar-refractivity contribution in [1.29, 1.82) is 0 Å². The maximum Gasteiger partial charge on any atom is 0.309 e. The van der Waals surface area contributed by atoms with Crippen LogP contribution in [0.3, 0.4) is 0 Å². The number of nitrogens with two attached hydrogens (primary N) is 1. The van der Waals surface area contributed by atoms with Gasteiger partial charge in [-0.1, -0.05) is 6.07 Å². The van der Waals surface area contributed by atoms with Gasteiger partial charge in [0, 0.05) is 6.54 Å². The Morgan fingerprint density at radius 2 is 2.21 bits per heavy atom. The molecule has 0 aliphatic carbocycles. The van der Waals surface area contributed by atoms with Crippen LogP contribution in [0, 0.1) is 0 Å². The summed E-state index contributed by atoms with van der Waals surface area (Å²) in [4.78, 5) is 11.0. The molecular formula is C10H13NO3. The quantitative estimate of drug-likeness (QED) is 0.691. The molecule has 0 aromatic heterocycles. The van der Waals surface area contributed by atoms with Crippen LogP contribution in [0.1, 0.15) is 11.1 Å². The normalized spacial score (nSPS) is 9.86. The number of ether oxygens (including phenoxy) is 1. The summed E-state index contributed by atoms with van der Waals surface area (Å²) in [5.41, 5.74) is 7.02. The van der Waals surface area contributed by atoms with Crippen molar-refractivity contribution in [1.82, 2.24) is 0 Å². The van der Waals surface area contributed by atoms with Gasteiger partial charge in [0.15, 0.2) is 0 Å². The highest BCUT2D eigenvalue weighted by Gasteiger charge is 2.07. The molecular weight excluding hydrogens is 182 g/mol. The fourth-order valence-corrected chi connectivity index (χ4v) is 1.20. The minimum absolute atomic E-state index is 0.152. The van der Waals surface area contributed by atoms with E-state index in [1.165, 1.54) is 13.2 Å². The number of benzene rings is 1. The van der Waals surface area contributed by atoms with Crippen LogP contribution < -0.4 is 5.73 Å². The Kier molecular flexibility index (Phi) is 3.48. The lowest BCUT2D eigenvalue weighted by Gasteiger charge is -2.06. The Morgan fingerprint density at radius 1 is 1.50 bits per heavy atom. The fourth-order valence-electron chi connectivity index (χ4n) is 1.20. The van der Waals surface area contributed by atoms with Gasteiger partial charge in [0.2, 0.25) is 0 Å². The standard InChI is InChI=1S/C10H13NO3/c1-14-10(13)5-7-2-3-9(12)4-8(7)6-11/h2-4,12H,5-6,11H2,1H3. The number of phenols is 1. The summed E-state index contributed by atoms with van der Waals surface area (Å²) in [5.74, 6) is -0.163. The Labute approximate surface area is 82.3 Å². The molecule has 0 atom stereocenters. The zero-order valence-electron chi connectivity index (χ0n) is 7.99. The lowest BCUT2D eigenvalue weighted by molar-refractivity contribution is -0.139. The van der Waals surface area contributed by atoms with Crippen LogP contribution in [0.5, 0.6) is 5.75 Å². The van der Waals surface area contributed by atoms with E-state index in [2.05, 4.69) is 4.74 Å². The van der Waals surface area contributed by atoms with Crippen molar-refractivity contribution < 1.29 is 14.6 Å². The maximum atomic E-state index is 11.0. The molecule has 1 aromatic rings. The molecule has 14 heavy (non-hydrogen) atoms. The van der Waals surface area contributed by atoms with E-state index < -0.39 is 0 Å². The highest BCUT2D eigenvalue weighted by atomic mass is 16.5. The Balaban J connectivity index is 2.90. The average molecular weight is 195 g/mol. The van der Waals surface area contributed by atoms with Crippen LogP contribution >= 0.6 is 0 Å². The topological polar surface area (TPSA) is 72.5 Å². The van der Waals surface area contributed by atoms with Gasteiger partial charge in [0.25, 0.3) is 0 Å². The van der Waals surface area contributed by atoms with Crippen molar-refractivity contribution in [3.05, 3.63) is 29.3 Å². The van der Waals surface area contributed by atoms with Crippen molar-refractivity contribution >= 4 is 5.97 Å². The van der Waals surface area contributed by atoms with E-state index in [1.54, 1.807) is 12.1 Å². The van der Waals surface area contributed by atoms with Crippen molar-refractivity contribution in [2.75, 3.05) is 7.11 Å². The van der Waals surface area contributed by atoms with Crippen LogP contribution in [0.15, 0.2) is 18.2 Å². The van der Waals surface area contributed by atoms with Gasteiger partial charge in [0.05, 0.1) is 13.5 Å². The second kappa shape index (κ2) is 4.62. The summed E-state index contributed by atoms with van der Waals surface area (Å²) < 4.78 is 4.54. The minimum atomic E-state index is -0.314. The number of rotatable bonds is 3. The molecule has 0 saturated heterocycles. The molecule has 3 N–H and O–H groups in total. The van der Waals surface area contributed by atoms with E-state index >= 15 is 0 Å². The van der Waals surface area contributed by atoms with Crippen molar-refractivity contribution in [2.45, 2.75) is 13.0 Å². The van der Waals surface area contributed by atoms with E-state index in [9.17, 15) is 9.90 Å². The van der Waals surface area contributed by atoms with E-state index in [-0.39, 0.29) is 18.1 Å². The molecule has 76 valence electrons. The highest BCUT2D eigenvalue weighted by molar-refractivity contribution is 5.73. The fraction of sp³-hybridized carbons (Fsp3) is 0.300. The number of phenolic OH excluding ortho intramolecular Hbond substituents is 1. The van der Waals surface area contributed by atoms with Gasteiger partial charge in [0.1, 0.15) is 5.75 Å². The molecule has 0 bridgehead atoms. The first-order chi connectivity index (χ1) is 6.67. The van der Waals surface area contributed by atoms with Gasteiger partial charge in [-0.3, -0.25) is 4.79 Å². The van der Waals surface area contributed by atoms with E-state index in [4.69, 9.17) is 5.73 Å². The van der Waals surface area contributed by atoms with Crippen LogP contribution in [0.4, 0.5) is 0 Å². The van der Waals surface area contributed by atoms with Crippen LogP contribution in [0.25, 0.3) is 0 Å². The predicted molar refractivity (Wildman–Crippen MR) is 51.7 cm³/mol. The zero-order valence-corrected chi connectivity index (χ0v) is 7.99. The third-order valence-electron chi connectivity index (χ3n) is 1.97. The molecule has 0 unspecified atom stereocenters. The zero-order chi connectivity index (χ0) is 10.6. The first-order valence-corrected chi connectivity index (χ1v) is 4.25. The molecule has 0 spiro atoms. The second-order valence-corrected chi connectivity index (χ2v) is 2.91. The van der Waals surface area contributed by atoms with Crippen molar-refractivity contribution in [3.8, 4) is 5.75 Å². The highest BCUT2D eigenvalue weighted by Crippen LogP contribution is 2.16. The maximum absolute atomic E-state index is 11.0. The number of methoxy groups -OCH3 is 1. The number of esters is 1. The summed E-state index contributed by atoms with van der Waals surface area (Å²) in [5, 5.41) is 9.19. The molecule has 1 rings (SSSR count). The predicted octanol–water partition coefficient (Wildman–Crippen LogP) is 0.566. The van der Waals surface area contributed by atoms with E-state index in [0.29, 0.717) is 6.54 Å². The third kappa shape index (κ3) is 2.47. The number of aromatic hydroxyl groups is 1. The molecule has 0 fully saturated rings. The Hall–Kier alpha value is -1.55. The van der Waals surface area contributed by atoms with E-state index in [0.717, 1.165) is 11.1 Å². The molecule has 0 heterocycles. The SMILES string of the molecule is COC(=O)Cc1ccc(O)cc1CN. The summed E-state index contributed by atoms with van der Waals surface area (Å²) >= 11 is 0. The van der Waals surface area contributed by atoms with Crippen LogP contribution in [-0.4, -0.2) is 18.2 Å². The van der Waals surface area contributed by atoms with Crippen molar-refractivity contribution in [2.24, 2.45) is 5.73 Å². The lowest BCUT2D eigenvalue weighted by atomic mass is 10.0. The molecule has 1 aromatic carbocycles. The van der Waals surface area contributed by atoms with Gasteiger partial charge < -0.3 is 15.6 Å². The second-order valence-electron chi connectivity index (χ2n) is 2.91. The van der Waals surface area contributed by atoms with Gasteiger partial charge in [-0.25, -0.2) is 0 Å². The summed E-state index contributed by atoms with van der Waals surface area (Å²) in [6.07, 6.45) is 0.184. The molecule has 0 saturated carbocycles. The molecule has 4 heteroatoms. The van der Waals surface area contributed by atoms with Crippen molar-refractivity contribution in [3.63, 3.8) is 0 Å². The average Bonchev–Trinajstić information content (AvgIpc) is 2.20. The monoisotopic (exact) mass is 195 g/mol. The lowest BCUT2D eigenvalue weighted by Crippen LogP contribution is -2.08. The largest absolute Gasteiger partial charge is 0.508 e. The first kappa shape index (κ1) is 10.5. The first-order valence-electron chi connectivity index (χ1n) is 4.25. The third-order valence-corrected chi connectivity index (χ3v) is 1.97. The Bertz CT molecular complexity index is 336. The number of hydrogen-bond acceptors (Lipinski definition) is 4. The van der Waals surface area contributed by atoms with Crippen LogP contribution in [-0.2, 0) is 22.5 Å². The van der Waals surface area contributed by atoms with Gasteiger partial charge >= 0.3 is 5.97 Å². The number of carbonyl (C=O) groups is 1. The number of carbonyl (C=O) groups excluding carboxylic acids is 1. The summed E-state index contributed by atoms with van der Waals surface area (Å²) in [7, 11) is 1.34. The van der Waals surface area contributed by atoms with Crippen LogP contribution in [0.2, 0.25) is 0 Å². The Morgan fingerprint density at radius 3 is 2.79 bits per heavy atom. The molecule has 0 aliphatic rings. The molecule has 0 aliphatic heterocycles. The summed E-state index contributed by atoms with van der Waals surface area (Å²) in [6, 6.07) is 4.75. The molecule has 0 amide bonds. The van der Waals surface area contributed by atoms with Gasteiger partial charge in [-0.15, -0.1) is 0 Å². The molecule has 4 nitrogen and oxygen atoms in total. The van der Waals surface area contributed by atoms with E-state index in [1.807, 2.05) is 0 Å². The molecule has 0 radical (unpaired) electrons. The number of hydrogen-bond donors (Lipinski definition) is 2. The van der Waals surface area contributed by atoms with Gasteiger partial charge in [-0.2, -0.15) is 0 Å². The smallest absolute Gasteiger partial charge is 0.309 e. The summed E-state index contributed by atoms with van der Waals surface area (Å²) in [6.45, 7) is 0.292. The van der Waals surface area contributed by atoms with Gasteiger partial charge in [-0.05, 0) is 23.3 Å².